The first-order valence-corrected chi connectivity index (χ1v) is 11.2. The summed E-state index contributed by atoms with van der Waals surface area (Å²) in [4.78, 5) is 40.0. The highest BCUT2D eigenvalue weighted by Gasteiger charge is 2.33. The second-order valence-electron chi connectivity index (χ2n) is 9.19. The van der Waals surface area contributed by atoms with E-state index in [1.54, 1.807) is 52.0 Å². The SMILES string of the molecule is Cc1cc(C(C(=O)Nc2c(C)cccc2Cl)N(C)C(=O)C(C)NC(=O)OC(C)(C)C)ccc1O. The Hall–Kier alpha value is -3.26. The molecular weight excluding hydrogens is 458 g/mol. The van der Waals surface area contributed by atoms with Gasteiger partial charge < -0.3 is 25.4 Å². The molecule has 2 unspecified atom stereocenters. The number of hydrogen-bond donors (Lipinski definition) is 3. The van der Waals surface area contributed by atoms with Gasteiger partial charge in [-0.05, 0) is 76.4 Å². The Morgan fingerprint density at radius 1 is 1.09 bits per heavy atom. The number of nitrogens with zero attached hydrogens (tertiary/aromatic N) is 1. The molecule has 9 heteroatoms. The first-order chi connectivity index (χ1) is 15.7. The summed E-state index contributed by atoms with van der Waals surface area (Å²) >= 11 is 6.28. The second-order valence-corrected chi connectivity index (χ2v) is 9.59. The molecule has 34 heavy (non-hydrogen) atoms. The molecule has 0 spiro atoms. The number of carbonyl (C=O) groups excluding carboxylic acids is 3. The summed E-state index contributed by atoms with van der Waals surface area (Å²) in [5.41, 5.74) is 1.51. The van der Waals surface area contributed by atoms with Crippen molar-refractivity contribution in [2.75, 3.05) is 12.4 Å². The molecule has 0 bridgehead atoms. The number of nitrogens with one attached hydrogen (secondary N) is 2. The minimum atomic E-state index is -1.06. The highest BCUT2D eigenvalue weighted by atomic mass is 35.5. The maximum Gasteiger partial charge on any atom is 0.408 e. The van der Waals surface area contributed by atoms with Crippen molar-refractivity contribution in [1.82, 2.24) is 10.2 Å². The quantitative estimate of drug-likeness (QED) is 0.544. The number of halogens is 1. The molecule has 2 aromatic rings. The van der Waals surface area contributed by atoms with Gasteiger partial charge in [-0.1, -0.05) is 29.8 Å². The van der Waals surface area contributed by atoms with E-state index < -0.39 is 35.6 Å². The lowest BCUT2D eigenvalue weighted by Crippen LogP contribution is -2.49. The summed E-state index contributed by atoms with van der Waals surface area (Å²) in [6.07, 6.45) is -0.741. The van der Waals surface area contributed by atoms with Crippen LogP contribution in [-0.2, 0) is 14.3 Å². The summed E-state index contributed by atoms with van der Waals surface area (Å²) in [5, 5.41) is 15.6. The Morgan fingerprint density at radius 3 is 2.29 bits per heavy atom. The molecule has 2 rings (SSSR count). The number of amides is 3. The van der Waals surface area contributed by atoms with E-state index in [2.05, 4.69) is 10.6 Å². The van der Waals surface area contributed by atoms with Crippen LogP contribution in [0.2, 0.25) is 5.02 Å². The number of hydrogen-bond acceptors (Lipinski definition) is 5. The molecule has 0 aromatic heterocycles. The zero-order valence-electron chi connectivity index (χ0n) is 20.5. The van der Waals surface area contributed by atoms with Crippen LogP contribution in [0.1, 0.15) is 50.4 Å². The van der Waals surface area contributed by atoms with E-state index in [1.807, 2.05) is 13.0 Å². The number of aryl methyl sites for hydroxylation is 2. The van der Waals surface area contributed by atoms with Crippen molar-refractivity contribution in [3.8, 4) is 5.75 Å². The molecule has 0 saturated carbocycles. The Bertz CT molecular complexity index is 1060. The van der Waals surface area contributed by atoms with E-state index in [0.717, 1.165) is 5.56 Å². The summed E-state index contributed by atoms with van der Waals surface area (Å²) in [5.74, 6) is -0.937. The molecule has 0 radical (unpaired) electrons. The molecule has 8 nitrogen and oxygen atoms in total. The molecule has 0 aliphatic rings. The highest BCUT2D eigenvalue weighted by molar-refractivity contribution is 6.34. The number of carbonyl (C=O) groups is 3. The van der Waals surface area contributed by atoms with E-state index in [9.17, 15) is 19.5 Å². The molecule has 2 atom stereocenters. The highest BCUT2D eigenvalue weighted by Crippen LogP contribution is 2.30. The fourth-order valence-electron chi connectivity index (χ4n) is 3.36. The molecular formula is C25H32ClN3O5. The first kappa shape index (κ1) is 27.0. The van der Waals surface area contributed by atoms with Gasteiger partial charge in [0.2, 0.25) is 5.91 Å². The van der Waals surface area contributed by atoms with Crippen LogP contribution in [0.15, 0.2) is 36.4 Å². The molecule has 184 valence electrons. The summed E-state index contributed by atoms with van der Waals surface area (Å²) in [6.45, 7) is 10.2. The Labute approximate surface area is 205 Å². The molecule has 2 aromatic carbocycles. The number of rotatable bonds is 6. The van der Waals surface area contributed by atoms with Gasteiger partial charge >= 0.3 is 6.09 Å². The normalized spacial score (nSPS) is 12.9. The second kappa shape index (κ2) is 10.8. The van der Waals surface area contributed by atoms with Gasteiger partial charge in [0, 0.05) is 7.05 Å². The fourth-order valence-corrected chi connectivity index (χ4v) is 3.63. The van der Waals surface area contributed by atoms with Crippen molar-refractivity contribution >= 4 is 35.2 Å². The minimum Gasteiger partial charge on any atom is -0.508 e. The van der Waals surface area contributed by atoms with Gasteiger partial charge in [0.15, 0.2) is 0 Å². The number of ether oxygens (including phenoxy) is 1. The van der Waals surface area contributed by atoms with Gasteiger partial charge in [-0.2, -0.15) is 0 Å². The number of anilines is 1. The Balaban J connectivity index is 2.36. The number of phenols is 1. The number of benzene rings is 2. The number of likely N-dealkylation sites (N-methyl/N-ethyl adjacent to an activating group) is 1. The fraction of sp³-hybridized carbons (Fsp3) is 0.400. The average Bonchev–Trinajstić information content (AvgIpc) is 2.71. The van der Waals surface area contributed by atoms with Crippen LogP contribution in [0.4, 0.5) is 10.5 Å². The van der Waals surface area contributed by atoms with Crippen molar-refractivity contribution in [1.29, 1.82) is 0 Å². The minimum absolute atomic E-state index is 0.0683. The summed E-state index contributed by atoms with van der Waals surface area (Å²) in [6, 6.07) is 7.88. The van der Waals surface area contributed by atoms with Crippen molar-refractivity contribution in [3.05, 3.63) is 58.1 Å². The largest absolute Gasteiger partial charge is 0.508 e. The lowest BCUT2D eigenvalue weighted by Gasteiger charge is -2.31. The van der Waals surface area contributed by atoms with E-state index in [1.165, 1.54) is 24.9 Å². The monoisotopic (exact) mass is 489 g/mol. The molecule has 3 N–H and O–H groups in total. The first-order valence-electron chi connectivity index (χ1n) is 10.8. The van der Waals surface area contributed by atoms with Crippen LogP contribution >= 0.6 is 11.6 Å². The van der Waals surface area contributed by atoms with Crippen LogP contribution in [0, 0.1) is 13.8 Å². The predicted molar refractivity (Wildman–Crippen MR) is 132 cm³/mol. The third-order valence-corrected chi connectivity index (χ3v) is 5.41. The van der Waals surface area contributed by atoms with Crippen molar-refractivity contribution in [2.45, 2.75) is 59.2 Å². The molecule has 0 saturated heterocycles. The summed E-state index contributed by atoms with van der Waals surface area (Å²) < 4.78 is 5.22. The van der Waals surface area contributed by atoms with Gasteiger partial charge in [0.05, 0.1) is 10.7 Å². The molecule has 0 aliphatic heterocycles. The smallest absolute Gasteiger partial charge is 0.408 e. The predicted octanol–water partition coefficient (Wildman–Crippen LogP) is 4.71. The third kappa shape index (κ3) is 6.87. The van der Waals surface area contributed by atoms with Crippen molar-refractivity contribution in [2.24, 2.45) is 0 Å². The van der Waals surface area contributed by atoms with E-state index in [4.69, 9.17) is 16.3 Å². The topological polar surface area (TPSA) is 108 Å². The Kier molecular flexibility index (Phi) is 8.56. The van der Waals surface area contributed by atoms with Crippen LogP contribution in [-0.4, -0.2) is 46.6 Å². The number of aromatic hydroxyl groups is 1. The van der Waals surface area contributed by atoms with Crippen molar-refractivity contribution in [3.63, 3.8) is 0 Å². The average molecular weight is 490 g/mol. The molecule has 3 amide bonds. The lowest BCUT2D eigenvalue weighted by atomic mass is 10.0. The third-order valence-electron chi connectivity index (χ3n) is 5.09. The van der Waals surface area contributed by atoms with Gasteiger partial charge in [0.1, 0.15) is 23.4 Å². The number of alkyl carbamates (subject to hydrolysis) is 1. The van der Waals surface area contributed by atoms with Gasteiger partial charge in [-0.3, -0.25) is 9.59 Å². The van der Waals surface area contributed by atoms with Crippen LogP contribution in [0.3, 0.4) is 0 Å². The molecule has 0 fully saturated rings. The van der Waals surface area contributed by atoms with Crippen LogP contribution < -0.4 is 10.6 Å². The van der Waals surface area contributed by atoms with Crippen LogP contribution in [0.5, 0.6) is 5.75 Å². The van der Waals surface area contributed by atoms with Gasteiger partial charge in [-0.25, -0.2) is 4.79 Å². The number of phenolic OH excluding ortho intramolecular Hbond substituents is 1. The van der Waals surface area contributed by atoms with E-state index in [-0.39, 0.29) is 5.75 Å². The van der Waals surface area contributed by atoms with Crippen LogP contribution in [0.25, 0.3) is 0 Å². The Morgan fingerprint density at radius 2 is 1.74 bits per heavy atom. The lowest BCUT2D eigenvalue weighted by molar-refractivity contribution is -0.138. The number of para-hydroxylation sites is 1. The van der Waals surface area contributed by atoms with E-state index >= 15 is 0 Å². The maximum atomic E-state index is 13.5. The zero-order chi connectivity index (χ0) is 25.8. The molecule has 0 heterocycles. The van der Waals surface area contributed by atoms with Gasteiger partial charge in [0.25, 0.3) is 5.91 Å². The summed E-state index contributed by atoms with van der Waals surface area (Å²) in [7, 11) is 1.47. The van der Waals surface area contributed by atoms with E-state index in [0.29, 0.717) is 21.8 Å². The molecule has 0 aliphatic carbocycles. The zero-order valence-corrected chi connectivity index (χ0v) is 21.3. The van der Waals surface area contributed by atoms with Gasteiger partial charge in [-0.15, -0.1) is 0 Å². The van der Waals surface area contributed by atoms with Crippen molar-refractivity contribution < 1.29 is 24.2 Å². The standard InChI is InChI=1S/C25H32ClN3O5/c1-14-9-8-10-18(26)20(14)28-22(31)21(17-11-12-19(30)15(2)13-17)29(7)23(32)16(3)27-24(33)34-25(4,5)6/h8-13,16,21,30H,1-7H3,(H,27,33)(H,28,31). The maximum absolute atomic E-state index is 13.5.